The number of rotatable bonds is 4. The maximum absolute atomic E-state index is 11.9. The number of hydrogen-bond donors (Lipinski definition) is 1. The summed E-state index contributed by atoms with van der Waals surface area (Å²) in [5.41, 5.74) is 0.200. The van der Waals surface area contributed by atoms with Crippen LogP contribution in [0.1, 0.15) is 25.3 Å². The van der Waals surface area contributed by atoms with E-state index in [1.807, 2.05) is 13.0 Å². The number of amides is 1. The molecule has 1 fully saturated rings. The highest BCUT2D eigenvalue weighted by Crippen LogP contribution is 2.20. The summed E-state index contributed by atoms with van der Waals surface area (Å²) in [5.74, 6) is 0.254. The molecular formula is C15H18N2O3. The maximum atomic E-state index is 11.9. The van der Waals surface area contributed by atoms with E-state index < -0.39 is 0 Å². The summed E-state index contributed by atoms with van der Waals surface area (Å²) in [6, 6.07) is 8.91. The van der Waals surface area contributed by atoms with Crippen LogP contribution in [0.3, 0.4) is 0 Å². The first-order chi connectivity index (χ1) is 9.63. The molecule has 1 aliphatic rings. The lowest BCUT2D eigenvalue weighted by Gasteiger charge is -2.34. The molecule has 1 saturated heterocycles. The van der Waals surface area contributed by atoms with Crippen LogP contribution < -0.4 is 10.1 Å². The maximum Gasteiger partial charge on any atom is 0.258 e. The number of benzene rings is 1. The van der Waals surface area contributed by atoms with Crippen molar-refractivity contribution in [3.63, 3.8) is 0 Å². The van der Waals surface area contributed by atoms with Gasteiger partial charge in [-0.2, -0.15) is 5.26 Å². The minimum atomic E-state index is -0.229. The molecule has 2 rings (SSSR count). The Kier molecular flexibility index (Phi) is 4.59. The minimum Gasteiger partial charge on any atom is -0.482 e. The van der Waals surface area contributed by atoms with Gasteiger partial charge in [0, 0.05) is 18.8 Å². The molecule has 5 nitrogen and oxygen atoms in total. The summed E-state index contributed by atoms with van der Waals surface area (Å²) < 4.78 is 10.7. The van der Waals surface area contributed by atoms with E-state index in [0.29, 0.717) is 24.5 Å². The van der Waals surface area contributed by atoms with Crippen LogP contribution in [0.25, 0.3) is 0 Å². The molecule has 1 aliphatic heterocycles. The molecule has 1 aromatic carbocycles. The van der Waals surface area contributed by atoms with Gasteiger partial charge in [-0.3, -0.25) is 4.79 Å². The molecule has 0 aromatic heterocycles. The fraction of sp³-hybridized carbons (Fsp3) is 0.467. The van der Waals surface area contributed by atoms with Gasteiger partial charge in [0.25, 0.3) is 5.91 Å². The van der Waals surface area contributed by atoms with Gasteiger partial charge in [0.15, 0.2) is 6.61 Å². The molecule has 0 aliphatic carbocycles. The molecule has 0 unspecified atom stereocenters. The number of nitrogens with zero attached hydrogens (tertiary/aromatic N) is 1. The average Bonchev–Trinajstić information content (AvgIpc) is 2.45. The van der Waals surface area contributed by atoms with E-state index >= 15 is 0 Å². The normalized spacial score (nSPS) is 17.0. The molecule has 1 heterocycles. The monoisotopic (exact) mass is 274 g/mol. The SMILES string of the molecule is CC1(NC(=O)COc2ccccc2C#N)CCOCC1. The Labute approximate surface area is 118 Å². The zero-order chi connectivity index (χ0) is 14.4. The van der Waals surface area contributed by atoms with Gasteiger partial charge in [-0.1, -0.05) is 12.1 Å². The molecular weight excluding hydrogens is 256 g/mol. The van der Waals surface area contributed by atoms with E-state index in [2.05, 4.69) is 5.32 Å². The molecule has 0 atom stereocenters. The molecule has 0 radical (unpaired) electrons. The van der Waals surface area contributed by atoms with Crippen molar-refractivity contribution in [1.29, 1.82) is 5.26 Å². The van der Waals surface area contributed by atoms with Gasteiger partial charge in [-0.15, -0.1) is 0 Å². The third-order valence-corrected chi connectivity index (χ3v) is 3.40. The van der Waals surface area contributed by atoms with E-state index in [1.165, 1.54) is 0 Å². The second kappa shape index (κ2) is 6.40. The number of ether oxygens (including phenoxy) is 2. The van der Waals surface area contributed by atoms with Gasteiger partial charge in [0.2, 0.25) is 0 Å². The third kappa shape index (κ3) is 3.72. The van der Waals surface area contributed by atoms with E-state index in [9.17, 15) is 4.79 Å². The summed E-state index contributed by atoms with van der Waals surface area (Å²) in [4.78, 5) is 11.9. The fourth-order valence-corrected chi connectivity index (χ4v) is 2.15. The summed E-state index contributed by atoms with van der Waals surface area (Å²) in [6.45, 7) is 3.25. The zero-order valence-electron chi connectivity index (χ0n) is 11.5. The molecule has 106 valence electrons. The lowest BCUT2D eigenvalue weighted by molar-refractivity contribution is -0.126. The number of carbonyl (C=O) groups is 1. The first-order valence-electron chi connectivity index (χ1n) is 6.64. The molecule has 20 heavy (non-hydrogen) atoms. The Bertz CT molecular complexity index is 516. The lowest BCUT2D eigenvalue weighted by atomic mass is 9.92. The highest BCUT2D eigenvalue weighted by atomic mass is 16.5. The number of para-hydroxylation sites is 1. The number of carbonyl (C=O) groups excluding carboxylic acids is 1. The zero-order valence-corrected chi connectivity index (χ0v) is 11.5. The van der Waals surface area contributed by atoms with Crippen LogP contribution in [-0.4, -0.2) is 31.3 Å². The van der Waals surface area contributed by atoms with Crippen LogP contribution in [-0.2, 0) is 9.53 Å². The second-order valence-electron chi connectivity index (χ2n) is 5.12. The Morgan fingerprint density at radius 1 is 1.45 bits per heavy atom. The van der Waals surface area contributed by atoms with E-state index in [-0.39, 0.29) is 18.1 Å². The Morgan fingerprint density at radius 2 is 2.15 bits per heavy atom. The molecule has 1 aromatic rings. The standard InChI is InChI=1S/C15H18N2O3/c1-15(6-8-19-9-7-15)17-14(18)11-20-13-5-3-2-4-12(13)10-16/h2-5H,6-9,11H2,1H3,(H,17,18). The topological polar surface area (TPSA) is 71.3 Å². The Hall–Kier alpha value is -2.06. The molecule has 1 N–H and O–H groups in total. The predicted molar refractivity (Wildman–Crippen MR) is 73.3 cm³/mol. The van der Waals surface area contributed by atoms with Crippen molar-refractivity contribution in [2.45, 2.75) is 25.3 Å². The molecule has 1 amide bonds. The van der Waals surface area contributed by atoms with Crippen molar-refractivity contribution < 1.29 is 14.3 Å². The molecule has 0 saturated carbocycles. The van der Waals surface area contributed by atoms with Crippen LogP contribution in [0.2, 0.25) is 0 Å². The summed E-state index contributed by atoms with van der Waals surface area (Å²) >= 11 is 0. The molecule has 0 bridgehead atoms. The number of nitrogens with one attached hydrogen (secondary N) is 1. The lowest BCUT2D eigenvalue weighted by Crippen LogP contribution is -2.50. The quantitative estimate of drug-likeness (QED) is 0.905. The van der Waals surface area contributed by atoms with Crippen molar-refractivity contribution in [3.8, 4) is 11.8 Å². The van der Waals surface area contributed by atoms with Crippen molar-refractivity contribution in [3.05, 3.63) is 29.8 Å². The Balaban J connectivity index is 1.87. The number of nitriles is 1. The molecule has 0 spiro atoms. The second-order valence-corrected chi connectivity index (χ2v) is 5.12. The highest BCUT2D eigenvalue weighted by molar-refractivity contribution is 5.78. The van der Waals surface area contributed by atoms with Crippen LogP contribution in [0.5, 0.6) is 5.75 Å². The summed E-state index contributed by atoms with van der Waals surface area (Å²) in [6.07, 6.45) is 1.60. The Morgan fingerprint density at radius 3 is 2.85 bits per heavy atom. The van der Waals surface area contributed by atoms with Gasteiger partial charge < -0.3 is 14.8 Å². The van der Waals surface area contributed by atoms with Crippen LogP contribution >= 0.6 is 0 Å². The van der Waals surface area contributed by atoms with Crippen molar-refractivity contribution in [2.24, 2.45) is 0 Å². The first kappa shape index (κ1) is 14.4. The molecule has 5 heteroatoms. The summed E-state index contributed by atoms with van der Waals surface area (Å²) in [5, 5.41) is 11.9. The van der Waals surface area contributed by atoms with Gasteiger partial charge in [0.1, 0.15) is 11.8 Å². The van der Waals surface area contributed by atoms with Crippen LogP contribution in [0, 0.1) is 11.3 Å². The largest absolute Gasteiger partial charge is 0.482 e. The average molecular weight is 274 g/mol. The minimum absolute atomic E-state index is 0.0882. The van der Waals surface area contributed by atoms with E-state index in [0.717, 1.165) is 12.8 Å². The van der Waals surface area contributed by atoms with Crippen molar-refractivity contribution in [2.75, 3.05) is 19.8 Å². The van der Waals surface area contributed by atoms with Gasteiger partial charge in [0.05, 0.1) is 5.56 Å². The number of hydrogen-bond acceptors (Lipinski definition) is 4. The van der Waals surface area contributed by atoms with Gasteiger partial charge in [-0.05, 0) is 31.9 Å². The fourth-order valence-electron chi connectivity index (χ4n) is 2.15. The van der Waals surface area contributed by atoms with Gasteiger partial charge >= 0.3 is 0 Å². The third-order valence-electron chi connectivity index (χ3n) is 3.40. The van der Waals surface area contributed by atoms with Crippen molar-refractivity contribution >= 4 is 5.91 Å². The highest BCUT2D eigenvalue weighted by Gasteiger charge is 2.28. The van der Waals surface area contributed by atoms with Gasteiger partial charge in [-0.25, -0.2) is 0 Å². The van der Waals surface area contributed by atoms with Crippen molar-refractivity contribution in [1.82, 2.24) is 5.32 Å². The van der Waals surface area contributed by atoms with Crippen LogP contribution in [0.15, 0.2) is 24.3 Å². The van der Waals surface area contributed by atoms with E-state index in [1.54, 1.807) is 24.3 Å². The van der Waals surface area contributed by atoms with Crippen LogP contribution in [0.4, 0.5) is 0 Å². The first-order valence-corrected chi connectivity index (χ1v) is 6.64. The van der Waals surface area contributed by atoms with E-state index in [4.69, 9.17) is 14.7 Å². The smallest absolute Gasteiger partial charge is 0.258 e. The predicted octanol–water partition coefficient (Wildman–Crippen LogP) is 1.62. The summed E-state index contributed by atoms with van der Waals surface area (Å²) in [7, 11) is 0.